The van der Waals surface area contributed by atoms with Gasteiger partial charge in [0.05, 0.1) is 17.6 Å². The first-order valence-corrected chi connectivity index (χ1v) is 12.6. The summed E-state index contributed by atoms with van der Waals surface area (Å²) in [5.41, 5.74) is 4.80. The van der Waals surface area contributed by atoms with Gasteiger partial charge in [-0.25, -0.2) is 14.1 Å². The Morgan fingerprint density at radius 1 is 1.22 bits per heavy atom. The minimum Gasteiger partial charge on any atom is -0.760 e. The zero-order valence-corrected chi connectivity index (χ0v) is 21.0. The number of nitrogens with zero attached hydrogens (tertiary/aromatic N) is 3. The third-order valence-electron chi connectivity index (χ3n) is 6.29. The van der Waals surface area contributed by atoms with Crippen LogP contribution in [0.3, 0.4) is 0 Å². The van der Waals surface area contributed by atoms with Crippen molar-refractivity contribution in [3.05, 3.63) is 86.9 Å². The number of H-pyrrole nitrogens is 1. The van der Waals surface area contributed by atoms with Crippen molar-refractivity contribution >= 4 is 44.8 Å². The fourth-order valence-corrected chi connectivity index (χ4v) is 4.97. The Hall–Kier alpha value is -3.31. The predicted molar refractivity (Wildman–Crippen MR) is 138 cm³/mol. The highest BCUT2D eigenvalue weighted by Gasteiger charge is 2.18. The van der Waals surface area contributed by atoms with Gasteiger partial charge in [0.1, 0.15) is 17.2 Å². The van der Waals surface area contributed by atoms with Crippen LogP contribution in [0, 0.1) is 12.7 Å². The minimum absolute atomic E-state index is 0.138. The number of pyridine rings is 1. The number of aryl methyl sites for hydroxylation is 2. The van der Waals surface area contributed by atoms with Crippen molar-refractivity contribution in [2.45, 2.75) is 19.9 Å². The molecule has 0 saturated heterocycles. The molecule has 3 aromatic heterocycles. The topological polar surface area (TPSA) is 108 Å². The van der Waals surface area contributed by atoms with Crippen molar-refractivity contribution in [2.24, 2.45) is 7.05 Å². The smallest absolute Gasteiger partial charge is 0.274 e. The zero-order valence-electron chi connectivity index (χ0n) is 19.5. The Labute approximate surface area is 213 Å². The molecule has 3 heterocycles. The van der Waals surface area contributed by atoms with Crippen LogP contribution in [-0.4, -0.2) is 34.4 Å². The summed E-state index contributed by atoms with van der Waals surface area (Å²) >= 11 is 3.55. The Kier molecular flexibility index (Phi) is 6.52. The third-order valence-corrected chi connectivity index (χ3v) is 6.96. The monoisotopic (exact) mass is 526 g/mol. The van der Waals surface area contributed by atoms with Crippen molar-refractivity contribution < 1.29 is 13.2 Å². The highest BCUT2D eigenvalue weighted by Crippen LogP contribution is 2.32. The van der Waals surface area contributed by atoms with Crippen molar-refractivity contribution in [1.82, 2.24) is 23.8 Å². The second-order valence-electron chi connectivity index (χ2n) is 8.59. The summed E-state index contributed by atoms with van der Waals surface area (Å²) in [6, 6.07) is 10.4. The first kappa shape index (κ1) is 24.4. The maximum atomic E-state index is 14.6. The third kappa shape index (κ3) is 4.48. The van der Waals surface area contributed by atoms with E-state index in [9.17, 15) is 17.9 Å². The van der Waals surface area contributed by atoms with Gasteiger partial charge in [-0.2, -0.15) is 0 Å². The lowest BCUT2D eigenvalue weighted by Gasteiger charge is -2.13. The van der Waals surface area contributed by atoms with Gasteiger partial charge in [0.25, 0.3) is 5.56 Å². The van der Waals surface area contributed by atoms with E-state index in [1.807, 2.05) is 29.7 Å². The summed E-state index contributed by atoms with van der Waals surface area (Å²) < 4.78 is 42.6. The number of rotatable bonds is 7. The van der Waals surface area contributed by atoms with Crippen LogP contribution < -0.4 is 10.3 Å². The van der Waals surface area contributed by atoms with Gasteiger partial charge < -0.3 is 18.7 Å². The first-order valence-electron chi connectivity index (χ1n) is 11.2. The summed E-state index contributed by atoms with van der Waals surface area (Å²) in [7, 11) is 1.69. The number of aromatic amines is 1. The highest BCUT2D eigenvalue weighted by molar-refractivity contribution is 7.77. The number of fused-ring (bicyclic) bond motifs is 2. The molecule has 0 radical (unpaired) electrons. The number of benzene rings is 2. The largest absolute Gasteiger partial charge is 0.760 e. The molecule has 2 N–H and O–H groups in total. The highest BCUT2D eigenvalue weighted by atomic mass is 35.5. The number of imidazole rings is 1. The summed E-state index contributed by atoms with van der Waals surface area (Å²) in [5.74, 6) is 0.278. The molecule has 0 saturated carbocycles. The normalized spacial score (nSPS) is 12.6. The molecule has 5 rings (SSSR count). The van der Waals surface area contributed by atoms with Crippen LogP contribution in [0.4, 0.5) is 4.39 Å². The molecular formula is C25H22ClFN5O3S-. The number of aromatic nitrogens is 4. The Morgan fingerprint density at radius 3 is 2.78 bits per heavy atom. The van der Waals surface area contributed by atoms with Crippen LogP contribution in [0.15, 0.2) is 53.6 Å². The van der Waals surface area contributed by atoms with E-state index in [0.29, 0.717) is 33.9 Å². The maximum absolute atomic E-state index is 14.6. The lowest BCUT2D eigenvalue weighted by atomic mass is 9.99. The Bertz CT molecular complexity index is 1710. The van der Waals surface area contributed by atoms with Crippen LogP contribution in [0.2, 0.25) is 5.02 Å². The molecule has 0 aliphatic rings. The van der Waals surface area contributed by atoms with Crippen LogP contribution in [0.1, 0.15) is 17.0 Å². The van der Waals surface area contributed by atoms with Crippen LogP contribution in [-0.2, 0) is 31.3 Å². The van der Waals surface area contributed by atoms with E-state index in [0.717, 1.165) is 27.6 Å². The fourth-order valence-electron chi connectivity index (χ4n) is 4.54. The van der Waals surface area contributed by atoms with E-state index < -0.39 is 17.1 Å². The molecule has 186 valence electrons. The van der Waals surface area contributed by atoms with E-state index in [-0.39, 0.29) is 18.6 Å². The molecule has 36 heavy (non-hydrogen) atoms. The number of hydrogen-bond donors (Lipinski definition) is 2. The Morgan fingerprint density at radius 2 is 2.03 bits per heavy atom. The van der Waals surface area contributed by atoms with Gasteiger partial charge in [-0.15, -0.1) is 0 Å². The van der Waals surface area contributed by atoms with E-state index in [1.165, 1.54) is 10.6 Å². The number of hydrogen-bond acceptors (Lipinski definition) is 4. The molecule has 0 aliphatic carbocycles. The van der Waals surface area contributed by atoms with Gasteiger partial charge >= 0.3 is 0 Å². The zero-order chi connectivity index (χ0) is 25.6. The fraction of sp³-hybridized carbons (Fsp3) is 0.200. The molecule has 11 heteroatoms. The summed E-state index contributed by atoms with van der Waals surface area (Å²) in [4.78, 5) is 20.3. The minimum atomic E-state index is -2.38. The van der Waals surface area contributed by atoms with E-state index in [2.05, 4.69) is 9.71 Å². The molecule has 5 aromatic rings. The average Bonchev–Trinajstić information content (AvgIpc) is 3.43. The molecule has 0 spiro atoms. The van der Waals surface area contributed by atoms with Crippen LogP contribution >= 0.6 is 11.6 Å². The first-order chi connectivity index (χ1) is 17.2. The lowest BCUT2D eigenvalue weighted by Crippen LogP contribution is -2.19. The predicted octanol–water partition coefficient (Wildman–Crippen LogP) is 3.96. The standard InChI is InChI=1S/C25H23ClFN5O3S/c1-14-30-23-15(5-8-29-36(34)35)9-17(20-13-31(2)25(33)24-19(20)6-7-28-24)10-22(23)32(14)12-16-3-4-18(26)11-21(16)27/h3-4,6-7,9-11,13,28-29H,5,8,12H2,1-2H3,(H,34,35)/p-1. The van der Waals surface area contributed by atoms with Crippen molar-refractivity contribution in [1.29, 1.82) is 0 Å². The van der Waals surface area contributed by atoms with Crippen molar-refractivity contribution in [3.63, 3.8) is 0 Å². The van der Waals surface area contributed by atoms with Gasteiger partial charge in [0.15, 0.2) is 0 Å². The molecule has 0 amide bonds. The molecule has 1 unspecified atom stereocenters. The van der Waals surface area contributed by atoms with Gasteiger partial charge in [-0.05, 0) is 54.8 Å². The second-order valence-corrected chi connectivity index (χ2v) is 9.78. The quantitative estimate of drug-likeness (QED) is 0.313. The molecular weight excluding hydrogens is 505 g/mol. The van der Waals surface area contributed by atoms with Crippen molar-refractivity contribution in [2.75, 3.05) is 6.54 Å². The van der Waals surface area contributed by atoms with Gasteiger partial charge in [-0.3, -0.25) is 9.00 Å². The van der Waals surface area contributed by atoms with E-state index >= 15 is 0 Å². The van der Waals surface area contributed by atoms with E-state index in [4.69, 9.17) is 16.6 Å². The van der Waals surface area contributed by atoms with E-state index in [1.54, 1.807) is 31.6 Å². The lowest BCUT2D eigenvalue weighted by molar-refractivity contribution is 0.523. The van der Waals surface area contributed by atoms with Gasteiger partial charge in [-0.1, -0.05) is 17.7 Å². The summed E-state index contributed by atoms with van der Waals surface area (Å²) in [5, 5.41) is 1.09. The summed E-state index contributed by atoms with van der Waals surface area (Å²) in [6.45, 7) is 2.28. The van der Waals surface area contributed by atoms with Crippen molar-refractivity contribution in [3.8, 4) is 11.1 Å². The van der Waals surface area contributed by atoms with Gasteiger partial charge in [0, 0.05) is 58.8 Å². The number of nitrogens with one attached hydrogen (secondary N) is 2. The molecule has 2 aromatic carbocycles. The number of halogens is 2. The molecule has 0 fully saturated rings. The molecule has 1 atom stereocenters. The molecule has 8 nitrogen and oxygen atoms in total. The summed E-state index contributed by atoms with van der Waals surface area (Å²) in [6.07, 6.45) is 3.90. The second kappa shape index (κ2) is 9.62. The van der Waals surface area contributed by atoms with Gasteiger partial charge in [0.2, 0.25) is 0 Å². The van der Waals surface area contributed by atoms with Crippen LogP contribution in [0.25, 0.3) is 33.1 Å². The maximum Gasteiger partial charge on any atom is 0.274 e. The molecule has 0 aliphatic heterocycles. The average molecular weight is 527 g/mol. The molecule has 0 bridgehead atoms. The Balaban J connectivity index is 1.72. The SMILES string of the molecule is Cc1nc2c(CCNS(=O)[O-])cc(-c3cn(C)c(=O)c4[nH]ccc34)cc2n1Cc1ccc(Cl)cc1F. The van der Waals surface area contributed by atoms with Crippen LogP contribution in [0.5, 0.6) is 0 Å².